The summed E-state index contributed by atoms with van der Waals surface area (Å²) in [4.78, 5) is 30.7. The van der Waals surface area contributed by atoms with Gasteiger partial charge in [-0.25, -0.2) is 0 Å². The normalized spacial score (nSPS) is 37.1. The number of aliphatic hydroxyl groups excluding tert-OH is 1. The smallest absolute Gasteiger partial charge is 0.225 e. The van der Waals surface area contributed by atoms with Gasteiger partial charge in [0.15, 0.2) is 6.29 Å². The first kappa shape index (κ1) is 35.2. The Hall–Kier alpha value is -2.24. The van der Waals surface area contributed by atoms with Crippen molar-refractivity contribution >= 4 is 11.8 Å². The van der Waals surface area contributed by atoms with Crippen molar-refractivity contribution in [2.45, 2.75) is 109 Å². The first-order chi connectivity index (χ1) is 20.1. The van der Waals surface area contributed by atoms with E-state index in [0.717, 1.165) is 17.7 Å². The summed E-state index contributed by atoms with van der Waals surface area (Å²) >= 11 is 0. The van der Waals surface area contributed by atoms with Crippen LogP contribution in [-0.4, -0.2) is 109 Å². The van der Waals surface area contributed by atoms with Crippen LogP contribution in [-0.2, 0) is 25.5 Å². The predicted molar refractivity (Wildman–Crippen MR) is 166 cm³/mol. The van der Waals surface area contributed by atoms with Gasteiger partial charge in [0.25, 0.3) is 0 Å². The summed E-state index contributed by atoms with van der Waals surface area (Å²) in [6, 6.07) is 7.34. The van der Waals surface area contributed by atoms with Gasteiger partial charge < -0.3 is 39.5 Å². The number of nitrogens with one attached hydrogen (secondary N) is 1. The minimum absolute atomic E-state index is 0.0271. The van der Waals surface area contributed by atoms with E-state index in [0.29, 0.717) is 25.8 Å². The molecule has 2 aliphatic heterocycles. The highest BCUT2D eigenvalue weighted by Crippen LogP contribution is 2.35. The van der Waals surface area contributed by atoms with Crippen LogP contribution in [0.3, 0.4) is 0 Å². The second-order valence-electron chi connectivity index (χ2n) is 13.6. The molecule has 3 rings (SSSR count). The molecule has 0 aromatic heterocycles. The van der Waals surface area contributed by atoms with E-state index >= 15 is 0 Å². The highest BCUT2D eigenvalue weighted by molar-refractivity contribution is 5.81. The van der Waals surface area contributed by atoms with E-state index < -0.39 is 42.0 Å². The first-order valence-corrected chi connectivity index (χ1v) is 15.7. The SMILES string of the molecule is COc1ccc(CC2CC(=O)N(C)C[C@H](C)C[C@@](C)(O)[C@H](O[C@H]3C[C@@H](N(C)C)C[C@@H](C)O3)[C@@H](C)[C@H](O)[C@@H](C)C(=O)N2)cc1. The lowest BCUT2D eigenvalue weighted by Gasteiger charge is -2.45. The molecule has 1 aromatic rings. The summed E-state index contributed by atoms with van der Waals surface area (Å²) < 4.78 is 18.0. The maximum Gasteiger partial charge on any atom is 0.225 e. The molecule has 1 aromatic carbocycles. The minimum Gasteiger partial charge on any atom is -0.497 e. The average Bonchev–Trinajstić information content (AvgIpc) is 2.93. The molecule has 1 unspecified atom stereocenters. The molecule has 10 atom stereocenters. The molecule has 2 fully saturated rings. The lowest BCUT2D eigenvalue weighted by molar-refractivity contribution is -0.267. The number of hydrogen-bond acceptors (Lipinski definition) is 8. The number of carbonyl (C=O) groups is 2. The van der Waals surface area contributed by atoms with Crippen LogP contribution < -0.4 is 10.1 Å². The molecular weight excluding hydrogens is 550 g/mol. The molecule has 43 heavy (non-hydrogen) atoms. The Labute approximate surface area is 258 Å². The summed E-state index contributed by atoms with van der Waals surface area (Å²) in [5.41, 5.74) is -0.404. The molecular formula is C33H55N3O7. The quantitative estimate of drug-likeness (QED) is 0.453. The Kier molecular flexibility index (Phi) is 12.4. The van der Waals surface area contributed by atoms with Gasteiger partial charge in [-0.05, 0) is 70.8 Å². The standard InChI is InChI=1S/C33H55N3O7/c1-20-18-33(5,40)31(43-29-17-26(35(6)7)14-21(2)42-29)22(3)30(38)23(4)32(39)34-25(16-28(37)36(8)19-20)15-24-10-12-27(41-9)13-11-24/h10-13,20-23,25-26,29-31,38,40H,14-19H2,1-9H3,(H,34,39)/t20-,21-,22+,23-,25?,26+,29+,30+,31-,33-/m1/s1. The third-order valence-electron chi connectivity index (χ3n) is 9.22. The summed E-state index contributed by atoms with van der Waals surface area (Å²) in [7, 11) is 7.43. The topological polar surface area (TPSA) is 121 Å². The van der Waals surface area contributed by atoms with Crippen molar-refractivity contribution in [2.24, 2.45) is 17.8 Å². The van der Waals surface area contributed by atoms with E-state index in [-0.39, 0.29) is 36.3 Å². The number of rotatable bonds is 6. The number of aliphatic hydroxyl groups is 2. The van der Waals surface area contributed by atoms with Crippen LogP contribution in [0.1, 0.15) is 65.9 Å². The van der Waals surface area contributed by atoms with Gasteiger partial charge in [0, 0.05) is 44.4 Å². The largest absolute Gasteiger partial charge is 0.497 e. The van der Waals surface area contributed by atoms with Crippen molar-refractivity contribution in [3.05, 3.63) is 29.8 Å². The highest BCUT2D eigenvalue weighted by atomic mass is 16.7. The molecule has 2 amide bonds. The predicted octanol–water partition coefficient (Wildman–Crippen LogP) is 2.84. The maximum atomic E-state index is 13.6. The van der Waals surface area contributed by atoms with Crippen molar-refractivity contribution < 1.29 is 34.0 Å². The van der Waals surface area contributed by atoms with Gasteiger partial charge >= 0.3 is 0 Å². The van der Waals surface area contributed by atoms with Crippen molar-refractivity contribution in [2.75, 3.05) is 34.8 Å². The second kappa shape index (κ2) is 15.2. The molecule has 10 nitrogen and oxygen atoms in total. The maximum absolute atomic E-state index is 13.6. The number of hydrogen-bond donors (Lipinski definition) is 3. The number of methoxy groups -OCH3 is 1. The first-order valence-electron chi connectivity index (χ1n) is 15.7. The van der Waals surface area contributed by atoms with E-state index in [1.165, 1.54) is 0 Å². The Morgan fingerprint density at radius 1 is 1.12 bits per heavy atom. The van der Waals surface area contributed by atoms with Crippen molar-refractivity contribution in [3.63, 3.8) is 0 Å². The lowest BCUT2D eigenvalue weighted by Crippen LogP contribution is -2.56. The molecule has 0 spiro atoms. The van der Waals surface area contributed by atoms with Gasteiger partial charge in [-0.3, -0.25) is 9.59 Å². The van der Waals surface area contributed by atoms with E-state index in [1.807, 2.05) is 59.1 Å². The fraction of sp³-hybridized carbons (Fsp3) is 0.758. The third-order valence-corrected chi connectivity index (χ3v) is 9.22. The molecule has 10 heteroatoms. The fourth-order valence-corrected chi connectivity index (χ4v) is 6.75. The third kappa shape index (κ3) is 9.62. The lowest BCUT2D eigenvalue weighted by atomic mass is 9.77. The van der Waals surface area contributed by atoms with E-state index in [9.17, 15) is 19.8 Å². The average molecular weight is 606 g/mol. The fourth-order valence-electron chi connectivity index (χ4n) is 6.75. The van der Waals surface area contributed by atoms with Crippen molar-refractivity contribution in [3.8, 4) is 5.75 Å². The molecule has 0 aliphatic carbocycles. The van der Waals surface area contributed by atoms with Crippen LogP contribution in [0.15, 0.2) is 24.3 Å². The Morgan fingerprint density at radius 2 is 1.77 bits per heavy atom. The zero-order valence-corrected chi connectivity index (χ0v) is 27.6. The number of amides is 2. The number of nitrogens with zero attached hydrogens (tertiary/aromatic N) is 2. The molecule has 0 bridgehead atoms. The summed E-state index contributed by atoms with van der Waals surface area (Å²) in [6.07, 6.45) is -0.125. The van der Waals surface area contributed by atoms with Crippen LogP contribution in [0.4, 0.5) is 0 Å². The number of benzene rings is 1. The van der Waals surface area contributed by atoms with Crippen molar-refractivity contribution in [1.29, 1.82) is 0 Å². The Balaban J connectivity index is 1.89. The molecule has 244 valence electrons. The van der Waals surface area contributed by atoms with Gasteiger partial charge in [-0.1, -0.05) is 32.9 Å². The zero-order chi connectivity index (χ0) is 32.1. The van der Waals surface area contributed by atoms with Crippen LogP contribution in [0, 0.1) is 17.8 Å². The summed E-state index contributed by atoms with van der Waals surface area (Å²) in [5.74, 6) is -1.20. The van der Waals surface area contributed by atoms with Gasteiger partial charge in [0.2, 0.25) is 11.8 Å². The number of ether oxygens (including phenoxy) is 3. The van der Waals surface area contributed by atoms with E-state index in [4.69, 9.17) is 14.2 Å². The number of carbonyl (C=O) groups excluding carboxylic acids is 2. The monoisotopic (exact) mass is 605 g/mol. The van der Waals surface area contributed by atoms with Crippen LogP contribution in [0.5, 0.6) is 5.75 Å². The van der Waals surface area contributed by atoms with Crippen molar-refractivity contribution in [1.82, 2.24) is 15.1 Å². The molecule has 0 saturated carbocycles. The summed E-state index contributed by atoms with van der Waals surface area (Å²) in [6.45, 7) is 9.66. The zero-order valence-electron chi connectivity index (χ0n) is 27.6. The molecule has 2 heterocycles. The van der Waals surface area contributed by atoms with Crippen LogP contribution in [0.2, 0.25) is 0 Å². The van der Waals surface area contributed by atoms with E-state index in [2.05, 4.69) is 10.2 Å². The molecule has 2 saturated heterocycles. The molecule has 0 radical (unpaired) electrons. The van der Waals surface area contributed by atoms with Crippen LogP contribution in [0.25, 0.3) is 0 Å². The minimum atomic E-state index is -1.36. The van der Waals surface area contributed by atoms with Crippen LogP contribution >= 0.6 is 0 Å². The molecule has 2 aliphatic rings. The second-order valence-corrected chi connectivity index (χ2v) is 13.6. The highest BCUT2D eigenvalue weighted by Gasteiger charge is 2.45. The van der Waals surface area contributed by atoms with Gasteiger partial charge in [-0.15, -0.1) is 0 Å². The Bertz CT molecular complexity index is 1050. The van der Waals surface area contributed by atoms with Gasteiger partial charge in [0.1, 0.15) is 5.75 Å². The van der Waals surface area contributed by atoms with E-state index in [1.54, 1.807) is 32.9 Å². The summed E-state index contributed by atoms with van der Waals surface area (Å²) in [5, 5.41) is 26.5. The molecule has 3 N–H and O–H groups in total. The Morgan fingerprint density at radius 3 is 2.37 bits per heavy atom. The van der Waals surface area contributed by atoms with Gasteiger partial charge in [0.05, 0.1) is 36.9 Å². The van der Waals surface area contributed by atoms with Gasteiger partial charge in [-0.2, -0.15) is 0 Å².